The molecule has 8 nitrogen and oxygen atoms in total. The fourth-order valence-electron chi connectivity index (χ4n) is 4.99. The van der Waals surface area contributed by atoms with Gasteiger partial charge in [-0.05, 0) is 35.2 Å². The Morgan fingerprint density at radius 2 is 1.66 bits per heavy atom. The van der Waals surface area contributed by atoms with Crippen molar-refractivity contribution >= 4 is 18.0 Å². The van der Waals surface area contributed by atoms with Crippen LogP contribution in [0.2, 0.25) is 0 Å². The predicted molar refractivity (Wildman–Crippen MR) is 132 cm³/mol. The van der Waals surface area contributed by atoms with E-state index in [1.54, 1.807) is 16.8 Å². The number of carbonyl (C=O) groups is 3. The predicted octanol–water partition coefficient (Wildman–Crippen LogP) is 3.17. The van der Waals surface area contributed by atoms with Gasteiger partial charge in [0.25, 0.3) is 0 Å². The highest BCUT2D eigenvalue weighted by Crippen LogP contribution is 2.44. The van der Waals surface area contributed by atoms with E-state index in [1.807, 2.05) is 38.1 Å². The van der Waals surface area contributed by atoms with E-state index in [0.29, 0.717) is 19.5 Å². The molecule has 1 aliphatic carbocycles. The van der Waals surface area contributed by atoms with Crippen molar-refractivity contribution in [3.63, 3.8) is 0 Å². The number of hydrogen-bond acceptors (Lipinski definition) is 5. The van der Waals surface area contributed by atoms with Gasteiger partial charge >= 0.3 is 12.1 Å². The first-order chi connectivity index (χ1) is 16.8. The highest BCUT2D eigenvalue weighted by atomic mass is 16.5. The molecule has 2 aromatic carbocycles. The smallest absolute Gasteiger partial charge is 0.407 e. The van der Waals surface area contributed by atoms with Gasteiger partial charge in [0.15, 0.2) is 0 Å². The molecule has 1 aliphatic heterocycles. The number of carbonyl (C=O) groups excluding carboxylic acids is 2. The summed E-state index contributed by atoms with van der Waals surface area (Å²) >= 11 is 0. The zero-order valence-corrected chi connectivity index (χ0v) is 20.4. The van der Waals surface area contributed by atoms with Crippen LogP contribution >= 0.6 is 0 Å². The third-order valence-corrected chi connectivity index (χ3v) is 7.34. The molecule has 0 spiro atoms. The lowest BCUT2D eigenvalue weighted by Crippen LogP contribution is -2.60. The average molecular weight is 480 g/mol. The van der Waals surface area contributed by atoms with Crippen molar-refractivity contribution in [1.82, 2.24) is 15.1 Å². The Hall–Kier alpha value is -3.39. The first-order valence-corrected chi connectivity index (χ1v) is 12.1. The zero-order valence-electron chi connectivity index (χ0n) is 20.4. The molecule has 1 fully saturated rings. The minimum atomic E-state index is -0.963. The number of carboxylic acid groups (broad SMARTS) is 1. The number of carboxylic acids is 1. The molecule has 8 heteroatoms. The van der Waals surface area contributed by atoms with Crippen LogP contribution < -0.4 is 5.32 Å². The highest BCUT2D eigenvalue weighted by molar-refractivity contribution is 5.87. The number of piperazine rings is 1. The van der Waals surface area contributed by atoms with Gasteiger partial charge < -0.3 is 20.1 Å². The molecule has 0 bridgehead atoms. The fraction of sp³-hybridized carbons (Fsp3) is 0.444. The third-order valence-electron chi connectivity index (χ3n) is 7.34. The van der Waals surface area contributed by atoms with Gasteiger partial charge in [-0.15, -0.1) is 0 Å². The van der Waals surface area contributed by atoms with Crippen molar-refractivity contribution in [1.29, 1.82) is 0 Å². The maximum absolute atomic E-state index is 13.3. The van der Waals surface area contributed by atoms with E-state index in [0.717, 1.165) is 22.3 Å². The Bertz CT molecular complexity index is 1060. The third kappa shape index (κ3) is 5.03. The Morgan fingerprint density at radius 1 is 1.06 bits per heavy atom. The van der Waals surface area contributed by atoms with Crippen molar-refractivity contribution in [2.75, 3.05) is 33.3 Å². The number of hydrogen-bond donors (Lipinski definition) is 2. The van der Waals surface area contributed by atoms with Gasteiger partial charge in [0.2, 0.25) is 5.91 Å². The number of benzene rings is 2. The van der Waals surface area contributed by atoms with Crippen LogP contribution in [0.3, 0.4) is 0 Å². The van der Waals surface area contributed by atoms with E-state index < -0.39 is 24.1 Å². The topological polar surface area (TPSA) is 99.2 Å². The average Bonchev–Trinajstić information content (AvgIpc) is 3.19. The maximum atomic E-state index is 13.3. The van der Waals surface area contributed by atoms with E-state index in [2.05, 4.69) is 29.6 Å². The van der Waals surface area contributed by atoms with Crippen molar-refractivity contribution in [3.05, 3.63) is 59.7 Å². The van der Waals surface area contributed by atoms with Crippen LogP contribution in [0.4, 0.5) is 4.79 Å². The monoisotopic (exact) mass is 479 g/mol. The van der Waals surface area contributed by atoms with Crippen LogP contribution in [0, 0.1) is 5.92 Å². The van der Waals surface area contributed by atoms with Gasteiger partial charge in [-0.3, -0.25) is 14.5 Å². The highest BCUT2D eigenvalue weighted by Gasteiger charge is 2.37. The van der Waals surface area contributed by atoms with Crippen molar-refractivity contribution in [3.8, 4) is 11.1 Å². The first kappa shape index (κ1) is 24.7. The number of nitrogens with zero attached hydrogens (tertiary/aromatic N) is 2. The Balaban J connectivity index is 1.43. The molecule has 35 heavy (non-hydrogen) atoms. The molecule has 1 saturated heterocycles. The number of likely N-dealkylation sites (N-methyl/N-ethyl adjacent to an activating group) is 1. The Labute approximate surface area is 205 Å². The summed E-state index contributed by atoms with van der Waals surface area (Å²) in [5, 5.41) is 12.3. The molecular formula is C27H33N3O5. The normalized spacial score (nSPS) is 19.4. The summed E-state index contributed by atoms with van der Waals surface area (Å²) in [7, 11) is 1.74. The van der Waals surface area contributed by atoms with Crippen LogP contribution in [0.1, 0.15) is 37.3 Å². The summed E-state index contributed by atoms with van der Waals surface area (Å²) in [5.41, 5.74) is 4.53. The minimum Gasteiger partial charge on any atom is -0.480 e. The molecule has 3 unspecified atom stereocenters. The molecule has 186 valence electrons. The summed E-state index contributed by atoms with van der Waals surface area (Å²) < 4.78 is 5.66. The van der Waals surface area contributed by atoms with Crippen molar-refractivity contribution < 1.29 is 24.2 Å². The lowest BCUT2D eigenvalue weighted by molar-refractivity contribution is -0.148. The summed E-state index contributed by atoms with van der Waals surface area (Å²) in [6, 6.07) is 14.7. The first-order valence-electron chi connectivity index (χ1n) is 12.1. The van der Waals surface area contributed by atoms with Crippen LogP contribution in [0.25, 0.3) is 11.1 Å². The summed E-state index contributed by atoms with van der Waals surface area (Å²) in [6.45, 7) is 4.98. The molecular weight excluding hydrogens is 446 g/mol. The number of alkyl carbamates (subject to hydrolysis) is 1. The number of ether oxygens (including phenoxy) is 1. The van der Waals surface area contributed by atoms with Gasteiger partial charge in [0, 0.05) is 25.6 Å². The summed E-state index contributed by atoms with van der Waals surface area (Å²) in [6.07, 6.45) is 0.0327. The van der Waals surface area contributed by atoms with Crippen molar-refractivity contribution in [2.24, 2.45) is 5.92 Å². The Kier molecular flexibility index (Phi) is 7.40. The van der Waals surface area contributed by atoms with E-state index in [-0.39, 0.29) is 30.9 Å². The van der Waals surface area contributed by atoms with Crippen LogP contribution in [-0.2, 0) is 14.3 Å². The van der Waals surface area contributed by atoms with Crippen LogP contribution in [-0.4, -0.2) is 78.2 Å². The molecule has 0 saturated carbocycles. The van der Waals surface area contributed by atoms with Gasteiger partial charge in [-0.25, -0.2) is 4.79 Å². The molecule has 2 aliphatic rings. The van der Waals surface area contributed by atoms with Crippen LogP contribution in [0.15, 0.2) is 48.5 Å². The number of nitrogens with one attached hydrogen (secondary N) is 1. The van der Waals surface area contributed by atoms with Gasteiger partial charge in [-0.1, -0.05) is 68.8 Å². The lowest BCUT2D eigenvalue weighted by atomic mass is 9.97. The van der Waals surface area contributed by atoms with E-state index in [4.69, 9.17) is 4.74 Å². The van der Waals surface area contributed by atoms with E-state index in [1.165, 1.54) is 0 Å². The van der Waals surface area contributed by atoms with Gasteiger partial charge in [-0.2, -0.15) is 0 Å². The largest absolute Gasteiger partial charge is 0.480 e. The summed E-state index contributed by atoms with van der Waals surface area (Å²) in [4.78, 5) is 41.1. The van der Waals surface area contributed by atoms with E-state index >= 15 is 0 Å². The second-order valence-electron chi connectivity index (χ2n) is 9.45. The number of fused-ring (bicyclic) bond motifs is 3. The minimum absolute atomic E-state index is 0.0696. The van der Waals surface area contributed by atoms with Gasteiger partial charge in [0.05, 0.1) is 0 Å². The van der Waals surface area contributed by atoms with Crippen LogP contribution in [0.5, 0.6) is 0 Å². The zero-order chi connectivity index (χ0) is 25.1. The molecule has 2 amide bonds. The SMILES string of the molecule is CCC(C)C(NC(=O)OCC1c2ccccc2-c2ccccc21)C(=O)N1CCN(C)C(C(=O)O)C1. The molecule has 2 aromatic rings. The van der Waals surface area contributed by atoms with E-state index in [9.17, 15) is 19.5 Å². The lowest BCUT2D eigenvalue weighted by Gasteiger charge is -2.39. The fourth-order valence-corrected chi connectivity index (χ4v) is 4.99. The molecule has 0 aromatic heterocycles. The standard InChI is InChI=1S/C27H33N3O5/c1-4-17(2)24(25(31)30-14-13-29(3)23(15-30)26(32)33)28-27(34)35-16-22-20-11-7-5-9-18(20)19-10-6-8-12-21(19)22/h5-12,17,22-24H,4,13-16H2,1-3H3,(H,28,34)(H,32,33). The molecule has 4 rings (SSSR count). The van der Waals surface area contributed by atoms with Gasteiger partial charge in [0.1, 0.15) is 18.7 Å². The van der Waals surface area contributed by atoms with Crippen molar-refractivity contribution in [2.45, 2.75) is 38.3 Å². The summed E-state index contributed by atoms with van der Waals surface area (Å²) in [5.74, 6) is -1.44. The molecule has 0 radical (unpaired) electrons. The number of rotatable bonds is 7. The molecule has 3 atom stereocenters. The number of aliphatic carboxylic acids is 1. The number of amides is 2. The Morgan fingerprint density at radius 3 is 2.23 bits per heavy atom. The second kappa shape index (κ2) is 10.5. The second-order valence-corrected chi connectivity index (χ2v) is 9.45. The molecule has 2 N–H and O–H groups in total. The molecule has 1 heterocycles. The quantitative estimate of drug-likeness (QED) is 0.633. The maximum Gasteiger partial charge on any atom is 0.407 e.